The zero-order valence-electron chi connectivity index (χ0n) is 14.2. The van der Waals surface area contributed by atoms with E-state index >= 15 is 0 Å². The number of hydrogen-bond donors (Lipinski definition) is 2. The molecule has 0 atom stereocenters. The lowest BCUT2D eigenvalue weighted by Crippen LogP contribution is -2.34. The molecular formula is C18H17BrN2O4S. The second-order valence-electron chi connectivity index (χ2n) is 5.06. The number of methoxy groups -OCH3 is 1. The van der Waals surface area contributed by atoms with Crippen LogP contribution in [0.25, 0.3) is 0 Å². The Morgan fingerprint density at radius 3 is 2.35 bits per heavy atom. The van der Waals surface area contributed by atoms with Gasteiger partial charge in [-0.1, -0.05) is 0 Å². The molecule has 0 saturated carbocycles. The molecule has 2 rings (SSSR count). The van der Waals surface area contributed by atoms with E-state index in [1.165, 1.54) is 7.11 Å². The summed E-state index contributed by atoms with van der Waals surface area (Å²) < 4.78 is 10.7. The van der Waals surface area contributed by atoms with Crippen molar-refractivity contribution in [2.75, 3.05) is 19.0 Å². The maximum Gasteiger partial charge on any atom is 0.337 e. The Hall–Kier alpha value is -2.45. The second kappa shape index (κ2) is 9.30. The first-order valence-electron chi connectivity index (χ1n) is 7.67. The average molecular weight is 437 g/mol. The van der Waals surface area contributed by atoms with E-state index in [0.29, 0.717) is 33.6 Å². The van der Waals surface area contributed by atoms with Crippen molar-refractivity contribution in [3.8, 4) is 5.75 Å². The van der Waals surface area contributed by atoms with Crippen molar-refractivity contribution in [1.82, 2.24) is 5.32 Å². The van der Waals surface area contributed by atoms with Gasteiger partial charge in [-0.3, -0.25) is 10.1 Å². The van der Waals surface area contributed by atoms with Gasteiger partial charge in [0.25, 0.3) is 5.91 Å². The Bertz CT molecular complexity index is 824. The van der Waals surface area contributed by atoms with E-state index in [-0.39, 0.29) is 11.0 Å². The van der Waals surface area contributed by atoms with Crippen LogP contribution in [0.3, 0.4) is 0 Å². The highest BCUT2D eigenvalue weighted by atomic mass is 79.9. The third kappa shape index (κ3) is 5.27. The van der Waals surface area contributed by atoms with Crippen molar-refractivity contribution in [3.63, 3.8) is 0 Å². The Labute approximate surface area is 165 Å². The molecule has 2 aromatic carbocycles. The maximum absolute atomic E-state index is 12.3. The third-order valence-corrected chi connectivity index (χ3v) is 4.11. The molecule has 0 aliphatic heterocycles. The van der Waals surface area contributed by atoms with Gasteiger partial charge in [-0.25, -0.2) is 4.79 Å². The average Bonchev–Trinajstić information content (AvgIpc) is 2.63. The minimum Gasteiger partial charge on any atom is -0.493 e. The number of anilines is 1. The summed E-state index contributed by atoms with van der Waals surface area (Å²) in [5, 5.41) is 5.63. The molecule has 0 aliphatic rings. The second-order valence-corrected chi connectivity index (χ2v) is 6.32. The molecule has 2 aromatic rings. The SMILES string of the molecule is CCOc1ccc(C(=O)NC(=S)Nc2ccc(C(=O)OC)cc2)cc1Br. The summed E-state index contributed by atoms with van der Waals surface area (Å²) >= 11 is 8.52. The van der Waals surface area contributed by atoms with E-state index < -0.39 is 5.97 Å². The van der Waals surface area contributed by atoms with Gasteiger partial charge in [-0.2, -0.15) is 0 Å². The molecule has 0 fully saturated rings. The molecule has 1 amide bonds. The highest BCUT2D eigenvalue weighted by molar-refractivity contribution is 9.10. The number of rotatable bonds is 5. The normalized spacial score (nSPS) is 9.96. The van der Waals surface area contributed by atoms with E-state index in [4.69, 9.17) is 17.0 Å². The molecule has 0 unspecified atom stereocenters. The van der Waals surface area contributed by atoms with E-state index in [2.05, 4.69) is 31.3 Å². The van der Waals surface area contributed by atoms with Crippen molar-refractivity contribution in [2.45, 2.75) is 6.92 Å². The van der Waals surface area contributed by atoms with E-state index in [0.717, 1.165) is 0 Å². The molecule has 0 aromatic heterocycles. The molecule has 26 heavy (non-hydrogen) atoms. The number of halogens is 1. The van der Waals surface area contributed by atoms with Gasteiger partial charge < -0.3 is 14.8 Å². The molecule has 0 heterocycles. The smallest absolute Gasteiger partial charge is 0.337 e. The summed E-state index contributed by atoms with van der Waals surface area (Å²) in [6.45, 7) is 2.42. The zero-order chi connectivity index (χ0) is 19.1. The summed E-state index contributed by atoms with van der Waals surface area (Å²) in [7, 11) is 1.32. The zero-order valence-corrected chi connectivity index (χ0v) is 16.6. The number of nitrogens with one attached hydrogen (secondary N) is 2. The Morgan fingerprint density at radius 1 is 1.12 bits per heavy atom. The molecular weight excluding hydrogens is 420 g/mol. The Morgan fingerprint density at radius 2 is 1.77 bits per heavy atom. The molecule has 0 saturated heterocycles. The lowest BCUT2D eigenvalue weighted by molar-refractivity contribution is 0.0600. The first-order chi connectivity index (χ1) is 12.4. The van der Waals surface area contributed by atoms with Gasteiger partial charge in [0.05, 0.1) is 23.8 Å². The van der Waals surface area contributed by atoms with E-state index in [9.17, 15) is 9.59 Å². The first kappa shape index (κ1) is 19.9. The standard InChI is InChI=1S/C18H17BrN2O4S/c1-3-25-15-9-6-12(10-14(15)19)16(22)21-18(26)20-13-7-4-11(5-8-13)17(23)24-2/h4-10H,3H2,1-2H3,(H2,20,21,22,26). The van der Waals surface area contributed by atoms with Crippen LogP contribution in [0.4, 0.5) is 5.69 Å². The van der Waals surface area contributed by atoms with Gasteiger partial charge in [0.15, 0.2) is 5.11 Å². The molecule has 0 aliphatic carbocycles. The first-order valence-corrected chi connectivity index (χ1v) is 8.87. The number of benzene rings is 2. The fourth-order valence-corrected chi connectivity index (χ4v) is 2.76. The summed E-state index contributed by atoms with van der Waals surface area (Å²) in [6.07, 6.45) is 0. The number of hydrogen-bond acceptors (Lipinski definition) is 5. The molecule has 0 spiro atoms. The molecule has 2 N–H and O–H groups in total. The number of carbonyl (C=O) groups is 2. The van der Waals surface area contributed by atoms with Gasteiger partial charge in [0, 0.05) is 11.3 Å². The molecule has 8 heteroatoms. The summed E-state index contributed by atoms with van der Waals surface area (Å²) in [5.41, 5.74) is 1.49. The summed E-state index contributed by atoms with van der Waals surface area (Å²) in [6, 6.07) is 11.6. The minimum absolute atomic E-state index is 0.144. The van der Waals surface area contributed by atoms with Crippen molar-refractivity contribution in [2.24, 2.45) is 0 Å². The molecule has 0 radical (unpaired) electrons. The van der Waals surface area contributed by atoms with Crippen LogP contribution in [0, 0.1) is 0 Å². The van der Waals surface area contributed by atoms with Gasteiger partial charge >= 0.3 is 5.97 Å². The van der Waals surface area contributed by atoms with Gasteiger partial charge in [0.1, 0.15) is 5.75 Å². The van der Waals surface area contributed by atoms with Crippen molar-refractivity contribution in [3.05, 3.63) is 58.1 Å². The number of carbonyl (C=O) groups excluding carboxylic acids is 2. The van der Waals surface area contributed by atoms with Crippen LogP contribution >= 0.6 is 28.1 Å². The minimum atomic E-state index is -0.423. The molecule has 0 bridgehead atoms. The fraction of sp³-hybridized carbons (Fsp3) is 0.167. The number of esters is 1. The highest BCUT2D eigenvalue weighted by Crippen LogP contribution is 2.26. The van der Waals surface area contributed by atoms with E-state index in [1.54, 1.807) is 42.5 Å². The summed E-state index contributed by atoms with van der Waals surface area (Å²) in [5.74, 6) is -0.110. The van der Waals surface area contributed by atoms with E-state index in [1.807, 2.05) is 6.92 Å². The van der Waals surface area contributed by atoms with Crippen LogP contribution in [0.5, 0.6) is 5.75 Å². The Kier molecular flexibility index (Phi) is 7.11. The predicted molar refractivity (Wildman–Crippen MR) is 107 cm³/mol. The van der Waals surface area contributed by atoms with Crippen LogP contribution in [-0.4, -0.2) is 30.7 Å². The molecule has 136 valence electrons. The van der Waals surface area contributed by atoms with Crippen LogP contribution < -0.4 is 15.4 Å². The predicted octanol–water partition coefficient (Wildman–Crippen LogP) is 3.76. The molecule has 6 nitrogen and oxygen atoms in total. The van der Waals surface area contributed by atoms with Crippen molar-refractivity contribution >= 4 is 50.8 Å². The third-order valence-electron chi connectivity index (χ3n) is 3.28. The van der Waals surface area contributed by atoms with Crippen LogP contribution in [0.2, 0.25) is 0 Å². The maximum atomic E-state index is 12.3. The monoisotopic (exact) mass is 436 g/mol. The topological polar surface area (TPSA) is 76.7 Å². The number of amides is 1. The van der Waals surface area contributed by atoms with Crippen molar-refractivity contribution < 1.29 is 19.1 Å². The van der Waals surface area contributed by atoms with Crippen molar-refractivity contribution in [1.29, 1.82) is 0 Å². The van der Waals surface area contributed by atoms with Gasteiger partial charge in [0.2, 0.25) is 0 Å². The van der Waals surface area contributed by atoms with Crippen LogP contribution in [0.1, 0.15) is 27.6 Å². The lowest BCUT2D eigenvalue weighted by atomic mass is 10.2. The van der Waals surface area contributed by atoms with Gasteiger partial charge in [-0.05, 0) is 77.5 Å². The van der Waals surface area contributed by atoms with Crippen LogP contribution in [-0.2, 0) is 4.74 Å². The largest absolute Gasteiger partial charge is 0.493 e. The summed E-state index contributed by atoms with van der Waals surface area (Å²) in [4.78, 5) is 23.7. The quantitative estimate of drug-likeness (QED) is 0.548. The number of ether oxygens (including phenoxy) is 2. The lowest BCUT2D eigenvalue weighted by Gasteiger charge is -2.11. The highest BCUT2D eigenvalue weighted by Gasteiger charge is 2.11. The Balaban J connectivity index is 1.97. The van der Waals surface area contributed by atoms with Gasteiger partial charge in [-0.15, -0.1) is 0 Å². The fourth-order valence-electron chi connectivity index (χ4n) is 2.06. The van der Waals surface area contributed by atoms with Crippen LogP contribution in [0.15, 0.2) is 46.9 Å². The number of thiocarbonyl (C=S) groups is 1.